The molecule has 0 aliphatic heterocycles. The molecule has 3 N–H and O–H groups in total. The lowest BCUT2D eigenvalue weighted by atomic mass is 10.1. The summed E-state index contributed by atoms with van der Waals surface area (Å²) in [5.74, 6) is -1.09. The lowest BCUT2D eigenvalue weighted by molar-refractivity contribution is -0.120. The summed E-state index contributed by atoms with van der Waals surface area (Å²) in [6, 6.07) is 15.0. The Kier molecular flexibility index (Phi) is 4.81. The molecule has 0 spiro atoms. The Morgan fingerprint density at radius 2 is 1.76 bits per heavy atom. The lowest BCUT2D eigenvalue weighted by Crippen LogP contribution is -2.37. The number of para-hydroxylation sites is 1. The van der Waals surface area contributed by atoms with Crippen molar-refractivity contribution in [3.05, 3.63) is 83.1 Å². The highest BCUT2D eigenvalue weighted by Crippen LogP contribution is 2.19. The topological polar surface area (TPSA) is 90.0 Å². The van der Waals surface area contributed by atoms with E-state index in [2.05, 4.69) is 10.4 Å². The van der Waals surface area contributed by atoms with E-state index in [4.69, 9.17) is 17.3 Å². The van der Waals surface area contributed by atoms with Gasteiger partial charge in [-0.2, -0.15) is 5.10 Å². The van der Waals surface area contributed by atoms with Gasteiger partial charge < -0.3 is 11.1 Å². The fraction of sp³-hybridized carbons (Fsp3) is 0.0556. The van der Waals surface area contributed by atoms with E-state index in [9.17, 15) is 9.59 Å². The van der Waals surface area contributed by atoms with Gasteiger partial charge in [-0.25, -0.2) is 4.68 Å². The molecular weight excluding hydrogens is 340 g/mol. The largest absolute Gasteiger partial charge is 0.368 e. The molecule has 0 saturated heterocycles. The number of carbonyl (C=O) groups excluding carboxylic acids is 2. The fourth-order valence-electron chi connectivity index (χ4n) is 2.39. The third kappa shape index (κ3) is 3.70. The van der Waals surface area contributed by atoms with Gasteiger partial charge in [-0.1, -0.05) is 54.1 Å². The number of nitrogens with two attached hydrogens (primary N) is 1. The first-order chi connectivity index (χ1) is 12.1. The second kappa shape index (κ2) is 7.19. The van der Waals surface area contributed by atoms with Crippen LogP contribution in [0.2, 0.25) is 5.02 Å². The molecule has 25 heavy (non-hydrogen) atoms. The molecule has 0 unspecified atom stereocenters. The molecule has 0 aliphatic rings. The van der Waals surface area contributed by atoms with Crippen LogP contribution in [0.15, 0.2) is 67.0 Å². The van der Waals surface area contributed by atoms with Gasteiger partial charge in [-0.3, -0.25) is 9.59 Å². The standard InChI is InChI=1S/C18H15ClN4O2/c19-14-8-4-5-9-15(14)23-11-13(10-21-23)18(25)22-16(17(20)24)12-6-2-1-3-7-12/h1-11,16H,(H2,20,24)(H,22,25)/t16-/m0/s1. The van der Waals surface area contributed by atoms with E-state index in [0.717, 1.165) is 0 Å². The Labute approximate surface area is 149 Å². The number of rotatable bonds is 5. The Bertz CT molecular complexity index is 908. The highest BCUT2D eigenvalue weighted by atomic mass is 35.5. The third-order valence-corrected chi connectivity index (χ3v) is 3.96. The summed E-state index contributed by atoms with van der Waals surface area (Å²) in [6.07, 6.45) is 2.95. The van der Waals surface area contributed by atoms with E-state index in [1.54, 1.807) is 48.7 Å². The molecular formula is C18H15ClN4O2. The number of aromatic nitrogens is 2. The molecule has 0 radical (unpaired) electrons. The second-order valence-electron chi connectivity index (χ2n) is 5.34. The van der Waals surface area contributed by atoms with Crippen molar-refractivity contribution in [2.24, 2.45) is 5.73 Å². The van der Waals surface area contributed by atoms with Crippen molar-refractivity contribution in [3.8, 4) is 5.69 Å². The highest BCUT2D eigenvalue weighted by molar-refractivity contribution is 6.32. The predicted molar refractivity (Wildman–Crippen MR) is 94.4 cm³/mol. The van der Waals surface area contributed by atoms with Crippen molar-refractivity contribution in [3.63, 3.8) is 0 Å². The number of halogens is 1. The molecule has 2 amide bonds. The van der Waals surface area contributed by atoms with Gasteiger partial charge in [0.05, 0.1) is 22.5 Å². The molecule has 0 bridgehead atoms. The molecule has 0 saturated carbocycles. The number of primary amides is 1. The minimum Gasteiger partial charge on any atom is -0.368 e. The van der Waals surface area contributed by atoms with E-state index in [0.29, 0.717) is 21.8 Å². The quantitative estimate of drug-likeness (QED) is 0.737. The van der Waals surface area contributed by atoms with Crippen LogP contribution in [0.1, 0.15) is 22.0 Å². The molecule has 3 rings (SSSR count). The number of amides is 2. The zero-order valence-electron chi connectivity index (χ0n) is 13.1. The summed E-state index contributed by atoms with van der Waals surface area (Å²) in [7, 11) is 0. The number of carbonyl (C=O) groups is 2. The third-order valence-electron chi connectivity index (χ3n) is 3.64. The van der Waals surface area contributed by atoms with Gasteiger partial charge in [0.25, 0.3) is 5.91 Å². The molecule has 1 heterocycles. The predicted octanol–water partition coefficient (Wildman–Crippen LogP) is 2.48. The van der Waals surface area contributed by atoms with Gasteiger partial charge >= 0.3 is 0 Å². The maximum atomic E-state index is 12.5. The van der Waals surface area contributed by atoms with Crippen LogP contribution in [-0.2, 0) is 4.79 Å². The maximum absolute atomic E-state index is 12.5. The van der Waals surface area contributed by atoms with E-state index < -0.39 is 17.9 Å². The molecule has 3 aromatic rings. The fourth-order valence-corrected chi connectivity index (χ4v) is 2.61. The van der Waals surface area contributed by atoms with Crippen LogP contribution in [0.4, 0.5) is 0 Å². The number of hydrogen-bond donors (Lipinski definition) is 2. The highest BCUT2D eigenvalue weighted by Gasteiger charge is 2.21. The molecule has 1 aromatic heterocycles. The summed E-state index contributed by atoms with van der Waals surface area (Å²) in [5.41, 5.74) is 6.98. The van der Waals surface area contributed by atoms with E-state index in [1.165, 1.54) is 10.9 Å². The Hall–Kier alpha value is -3.12. The van der Waals surface area contributed by atoms with E-state index in [-0.39, 0.29) is 0 Å². The zero-order valence-corrected chi connectivity index (χ0v) is 13.9. The van der Waals surface area contributed by atoms with Gasteiger partial charge in [0.15, 0.2) is 0 Å². The van der Waals surface area contributed by atoms with Gasteiger partial charge in [0, 0.05) is 6.20 Å². The average Bonchev–Trinajstić information content (AvgIpc) is 3.10. The molecule has 6 nitrogen and oxygen atoms in total. The zero-order chi connectivity index (χ0) is 17.8. The summed E-state index contributed by atoms with van der Waals surface area (Å²) in [5, 5.41) is 7.29. The van der Waals surface area contributed by atoms with Gasteiger partial charge in [-0.05, 0) is 17.7 Å². The van der Waals surface area contributed by atoms with Crippen LogP contribution in [0.3, 0.4) is 0 Å². The number of hydrogen-bond acceptors (Lipinski definition) is 3. The van der Waals surface area contributed by atoms with Crippen LogP contribution in [0.5, 0.6) is 0 Å². The van der Waals surface area contributed by atoms with Crippen molar-refractivity contribution in [2.45, 2.75) is 6.04 Å². The summed E-state index contributed by atoms with van der Waals surface area (Å²) < 4.78 is 1.50. The molecule has 7 heteroatoms. The average molecular weight is 355 g/mol. The van der Waals surface area contributed by atoms with E-state index >= 15 is 0 Å². The van der Waals surface area contributed by atoms with Crippen LogP contribution in [0, 0.1) is 0 Å². The number of nitrogens with one attached hydrogen (secondary N) is 1. The smallest absolute Gasteiger partial charge is 0.255 e. The normalized spacial score (nSPS) is 11.7. The number of nitrogens with zero attached hydrogens (tertiary/aromatic N) is 2. The Balaban J connectivity index is 1.82. The van der Waals surface area contributed by atoms with Crippen molar-refractivity contribution < 1.29 is 9.59 Å². The summed E-state index contributed by atoms with van der Waals surface area (Å²) >= 11 is 6.13. The van der Waals surface area contributed by atoms with Crippen molar-refractivity contribution in [1.29, 1.82) is 0 Å². The monoisotopic (exact) mass is 354 g/mol. The van der Waals surface area contributed by atoms with Crippen molar-refractivity contribution >= 4 is 23.4 Å². The minimum absolute atomic E-state index is 0.294. The van der Waals surface area contributed by atoms with Gasteiger partial charge in [0.1, 0.15) is 6.04 Å². The van der Waals surface area contributed by atoms with Crippen LogP contribution in [0.25, 0.3) is 5.69 Å². The Morgan fingerprint density at radius 3 is 2.44 bits per heavy atom. The van der Waals surface area contributed by atoms with Crippen LogP contribution >= 0.6 is 11.6 Å². The molecule has 126 valence electrons. The summed E-state index contributed by atoms with van der Waals surface area (Å²) in [4.78, 5) is 24.2. The van der Waals surface area contributed by atoms with Gasteiger partial charge in [0.2, 0.25) is 5.91 Å². The molecule has 2 aromatic carbocycles. The first-order valence-electron chi connectivity index (χ1n) is 7.51. The van der Waals surface area contributed by atoms with Gasteiger partial charge in [-0.15, -0.1) is 0 Å². The van der Waals surface area contributed by atoms with Crippen LogP contribution < -0.4 is 11.1 Å². The number of benzene rings is 2. The first kappa shape index (κ1) is 16.7. The SMILES string of the molecule is NC(=O)[C@@H](NC(=O)c1cnn(-c2ccccc2Cl)c1)c1ccccc1. The van der Waals surface area contributed by atoms with Crippen molar-refractivity contribution in [2.75, 3.05) is 0 Å². The maximum Gasteiger partial charge on any atom is 0.255 e. The Morgan fingerprint density at radius 1 is 1.08 bits per heavy atom. The molecule has 0 fully saturated rings. The minimum atomic E-state index is -0.919. The van der Waals surface area contributed by atoms with E-state index in [1.807, 2.05) is 12.1 Å². The van der Waals surface area contributed by atoms with Crippen LogP contribution in [-0.4, -0.2) is 21.6 Å². The lowest BCUT2D eigenvalue weighted by Gasteiger charge is -2.15. The molecule has 0 aliphatic carbocycles. The van der Waals surface area contributed by atoms with Crippen molar-refractivity contribution in [1.82, 2.24) is 15.1 Å². The summed E-state index contributed by atoms with van der Waals surface area (Å²) in [6.45, 7) is 0. The molecule has 1 atom stereocenters. The second-order valence-corrected chi connectivity index (χ2v) is 5.75. The first-order valence-corrected chi connectivity index (χ1v) is 7.89.